The fraction of sp³-hybridized carbons (Fsp3) is 0.235. The van der Waals surface area contributed by atoms with Crippen LogP contribution in [0.2, 0.25) is 0 Å². The number of halogens is 2. The Kier molecular flexibility index (Phi) is 5.98. The molecule has 0 radical (unpaired) electrons. The van der Waals surface area contributed by atoms with Crippen LogP contribution in [0.25, 0.3) is 0 Å². The molecule has 0 spiro atoms. The molecular formula is C17H17F2NO2S. The quantitative estimate of drug-likeness (QED) is 0.812. The number of hydrogen-bond donors (Lipinski definition) is 1. The number of amides is 1. The Morgan fingerprint density at radius 1 is 1.26 bits per heavy atom. The standard InChI is InChI=1S/C17H17F2NO2S/c1-11(15-7-6-12(18)8-16(15)19)20-17(21)10-23-14-5-3-4-13(9-14)22-2/h3-9,11H,10H2,1-2H3,(H,20,21). The number of nitrogens with one attached hydrogen (secondary N) is 1. The fourth-order valence-corrected chi connectivity index (χ4v) is 2.81. The highest BCUT2D eigenvalue weighted by atomic mass is 32.2. The van der Waals surface area contributed by atoms with Crippen LogP contribution in [0, 0.1) is 11.6 Å². The van der Waals surface area contributed by atoms with Gasteiger partial charge in [0.25, 0.3) is 0 Å². The monoisotopic (exact) mass is 337 g/mol. The van der Waals surface area contributed by atoms with E-state index in [2.05, 4.69) is 5.32 Å². The molecule has 0 saturated heterocycles. The number of ether oxygens (including phenoxy) is 1. The van der Waals surface area contributed by atoms with Gasteiger partial charge in [0.15, 0.2) is 0 Å². The van der Waals surface area contributed by atoms with E-state index in [1.165, 1.54) is 23.9 Å². The lowest BCUT2D eigenvalue weighted by Gasteiger charge is -2.15. The van der Waals surface area contributed by atoms with E-state index < -0.39 is 17.7 Å². The fourth-order valence-electron chi connectivity index (χ4n) is 2.05. The highest BCUT2D eigenvalue weighted by Gasteiger charge is 2.14. The maximum atomic E-state index is 13.7. The summed E-state index contributed by atoms with van der Waals surface area (Å²) in [6.45, 7) is 1.66. The molecule has 23 heavy (non-hydrogen) atoms. The van der Waals surface area contributed by atoms with Gasteiger partial charge < -0.3 is 10.1 Å². The van der Waals surface area contributed by atoms with E-state index in [0.717, 1.165) is 16.7 Å². The molecule has 2 aromatic rings. The van der Waals surface area contributed by atoms with Crippen molar-refractivity contribution >= 4 is 17.7 Å². The number of carbonyl (C=O) groups is 1. The zero-order valence-corrected chi connectivity index (χ0v) is 13.6. The summed E-state index contributed by atoms with van der Waals surface area (Å²) in [6.07, 6.45) is 0. The van der Waals surface area contributed by atoms with Gasteiger partial charge in [0, 0.05) is 16.5 Å². The maximum Gasteiger partial charge on any atom is 0.230 e. The van der Waals surface area contributed by atoms with Gasteiger partial charge in [-0.05, 0) is 31.2 Å². The minimum Gasteiger partial charge on any atom is -0.497 e. The zero-order chi connectivity index (χ0) is 16.8. The summed E-state index contributed by atoms with van der Waals surface area (Å²) in [5.41, 5.74) is 0.256. The predicted molar refractivity (Wildman–Crippen MR) is 86.6 cm³/mol. The summed E-state index contributed by atoms with van der Waals surface area (Å²) in [6, 6.07) is 10.2. The Morgan fingerprint density at radius 3 is 2.74 bits per heavy atom. The lowest BCUT2D eigenvalue weighted by Crippen LogP contribution is -2.28. The van der Waals surface area contributed by atoms with E-state index >= 15 is 0 Å². The van der Waals surface area contributed by atoms with E-state index in [1.54, 1.807) is 14.0 Å². The van der Waals surface area contributed by atoms with Crippen molar-refractivity contribution in [3.05, 3.63) is 59.7 Å². The number of benzene rings is 2. The lowest BCUT2D eigenvalue weighted by molar-refractivity contribution is -0.119. The Balaban J connectivity index is 1.91. The molecule has 0 fully saturated rings. The Hall–Kier alpha value is -2.08. The highest BCUT2D eigenvalue weighted by Crippen LogP contribution is 2.23. The van der Waals surface area contributed by atoms with Crippen LogP contribution in [0.4, 0.5) is 8.78 Å². The van der Waals surface area contributed by atoms with Crippen LogP contribution in [0.3, 0.4) is 0 Å². The second kappa shape index (κ2) is 7.97. The zero-order valence-electron chi connectivity index (χ0n) is 12.8. The van der Waals surface area contributed by atoms with E-state index in [0.29, 0.717) is 0 Å². The first-order valence-corrected chi connectivity index (χ1v) is 7.99. The van der Waals surface area contributed by atoms with Gasteiger partial charge in [-0.2, -0.15) is 0 Å². The largest absolute Gasteiger partial charge is 0.497 e. The first kappa shape index (κ1) is 17.3. The average molecular weight is 337 g/mol. The van der Waals surface area contributed by atoms with E-state index in [4.69, 9.17) is 4.74 Å². The van der Waals surface area contributed by atoms with Crippen molar-refractivity contribution < 1.29 is 18.3 Å². The Morgan fingerprint density at radius 2 is 2.04 bits per heavy atom. The minimum absolute atomic E-state index is 0.195. The number of thioether (sulfide) groups is 1. The molecule has 1 N–H and O–H groups in total. The summed E-state index contributed by atoms with van der Waals surface area (Å²) < 4.78 is 31.7. The van der Waals surface area contributed by atoms with Gasteiger partial charge in [-0.1, -0.05) is 12.1 Å². The van der Waals surface area contributed by atoms with Crippen molar-refractivity contribution in [1.29, 1.82) is 0 Å². The van der Waals surface area contributed by atoms with Crippen LogP contribution >= 0.6 is 11.8 Å². The second-order valence-electron chi connectivity index (χ2n) is 4.92. The molecule has 1 unspecified atom stereocenters. The van der Waals surface area contributed by atoms with Crippen molar-refractivity contribution in [2.24, 2.45) is 0 Å². The van der Waals surface area contributed by atoms with Gasteiger partial charge in [-0.25, -0.2) is 8.78 Å². The lowest BCUT2D eigenvalue weighted by atomic mass is 10.1. The van der Waals surface area contributed by atoms with Crippen LogP contribution in [-0.4, -0.2) is 18.8 Å². The van der Waals surface area contributed by atoms with Crippen molar-refractivity contribution in [2.75, 3.05) is 12.9 Å². The molecule has 0 saturated carbocycles. The molecule has 0 aromatic heterocycles. The van der Waals surface area contributed by atoms with Crippen LogP contribution in [0.15, 0.2) is 47.4 Å². The predicted octanol–water partition coefficient (Wildman–Crippen LogP) is 3.94. The Bertz CT molecular complexity index is 694. The summed E-state index contributed by atoms with van der Waals surface area (Å²) >= 11 is 1.36. The van der Waals surface area contributed by atoms with Crippen molar-refractivity contribution in [2.45, 2.75) is 17.9 Å². The normalized spacial score (nSPS) is 11.8. The molecular weight excluding hydrogens is 320 g/mol. The third-order valence-corrected chi connectivity index (χ3v) is 4.21. The Labute approximate surface area is 138 Å². The molecule has 1 atom stereocenters. The van der Waals surface area contributed by atoms with Gasteiger partial charge in [-0.3, -0.25) is 4.79 Å². The molecule has 0 aliphatic carbocycles. The summed E-state index contributed by atoms with van der Waals surface area (Å²) in [4.78, 5) is 12.9. The number of carbonyl (C=O) groups excluding carboxylic acids is 1. The molecule has 2 rings (SSSR count). The topological polar surface area (TPSA) is 38.3 Å². The van der Waals surface area contributed by atoms with Crippen LogP contribution < -0.4 is 10.1 Å². The average Bonchev–Trinajstić information content (AvgIpc) is 2.53. The first-order valence-electron chi connectivity index (χ1n) is 7.00. The molecule has 122 valence electrons. The highest BCUT2D eigenvalue weighted by molar-refractivity contribution is 8.00. The van der Waals surface area contributed by atoms with Gasteiger partial charge in [0.2, 0.25) is 5.91 Å². The maximum absolute atomic E-state index is 13.7. The second-order valence-corrected chi connectivity index (χ2v) is 5.97. The molecule has 0 aliphatic rings. The molecule has 0 bridgehead atoms. The van der Waals surface area contributed by atoms with Crippen LogP contribution in [0.1, 0.15) is 18.5 Å². The molecule has 0 heterocycles. The smallest absolute Gasteiger partial charge is 0.230 e. The van der Waals surface area contributed by atoms with E-state index in [-0.39, 0.29) is 17.2 Å². The SMILES string of the molecule is COc1cccc(SCC(=O)NC(C)c2ccc(F)cc2F)c1. The van der Waals surface area contributed by atoms with Gasteiger partial charge >= 0.3 is 0 Å². The number of rotatable bonds is 6. The van der Waals surface area contributed by atoms with Crippen LogP contribution in [0.5, 0.6) is 5.75 Å². The molecule has 1 amide bonds. The van der Waals surface area contributed by atoms with Crippen molar-refractivity contribution in [3.8, 4) is 5.75 Å². The minimum atomic E-state index is -0.668. The summed E-state index contributed by atoms with van der Waals surface area (Å²) in [7, 11) is 1.58. The third-order valence-electron chi connectivity index (χ3n) is 3.22. The number of methoxy groups -OCH3 is 1. The molecule has 3 nitrogen and oxygen atoms in total. The van der Waals surface area contributed by atoms with Crippen LogP contribution in [-0.2, 0) is 4.79 Å². The van der Waals surface area contributed by atoms with E-state index in [9.17, 15) is 13.6 Å². The van der Waals surface area contributed by atoms with Crippen molar-refractivity contribution in [3.63, 3.8) is 0 Å². The van der Waals surface area contributed by atoms with Gasteiger partial charge in [0.1, 0.15) is 17.4 Å². The van der Waals surface area contributed by atoms with Gasteiger partial charge in [0.05, 0.1) is 18.9 Å². The third kappa shape index (κ3) is 4.96. The summed E-state index contributed by atoms with van der Waals surface area (Å²) in [5.74, 6) is -0.622. The molecule has 6 heteroatoms. The summed E-state index contributed by atoms with van der Waals surface area (Å²) in [5, 5.41) is 2.70. The van der Waals surface area contributed by atoms with E-state index in [1.807, 2.05) is 24.3 Å². The number of hydrogen-bond acceptors (Lipinski definition) is 3. The van der Waals surface area contributed by atoms with Crippen molar-refractivity contribution in [1.82, 2.24) is 5.32 Å². The van der Waals surface area contributed by atoms with Gasteiger partial charge in [-0.15, -0.1) is 11.8 Å². The molecule has 0 aliphatic heterocycles. The first-order chi connectivity index (χ1) is 11.0. The molecule has 2 aromatic carbocycles.